The summed E-state index contributed by atoms with van der Waals surface area (Å²) >= 11 is 0. The van der Waals surface area contributed by atoms with Crippen molar-refractivity contribution in [2.75, 3.05) is 19.6 Å². The van der Waals surface area contributed by atoms with Gasteiger partial charge in [0.05, 0.1) is 0 Å². The van der Waals surface area contributed by atoms with E-state index >= 15 is 0 Å². The summed E-state index contributed by atoms with van der Waals surface area (Å²) in [5, 5.41) is 3.16. The highest BCUT2D eigenvalue weighted by Gasteiger charge is 2.34. The van der Waals surface area contributed by atoms with Crippen LogP contribution in [0, 0.1) is 5.41 Å². The van der Waals surface area contributed by atoms with Crippen LogP contribution in [0.3, 0.4) is 0 Å². The molecule has 2 aliphatic rings. The van der Waals surface area contributed by atoms with E-state index in [0.717, 1.165) is 32.2 Å². The van der Waals surface area contributed by atoms with Crippen molar-refractivity contribution in [3.05, 3.63) is 35.9 Å². The molecule has 28 heavy (non-hydrogen) atoms. The molecular formula is C22H34ClN3O2. The van der Waals surface area contributed by atoms with Gasteiger partial charge in [0.1, 0.15) is 0 Å². The summed E-state index contributed by atoms with van der Waals surface area (Å²) in [7, 11) is 0. The summed E-state index contributed by atoms with van der Waals surface area (Å²) in [6.45, 7) is 1.96. The summed E-state index contributed by atoms with van der Waals surface area (Å²) < 4.78 is 0. The van der Waals surface area contributed by atoms with Crippen LogP contribution in [0.4, 0.5) is 0 Å². The van der Waals surface area contributed by atoms with Crippen molar-refractivity contribution in [3.63, 3.8) is 0 Å². The summed E-state index contributed by atoms with van der Waals surface area (Å²) in [5.41, 5.74) is 7.19. The molecule has 0 bridgehead atoms. The predicted molar refractivity (Wildman–Crippen MR) is 114 cm³/mol. The molecule has 1 saturated heterocycles. The first kappa shape index (κ1) is 22.7. The summed E-state index contributed by atoms with van der Waals surface area (Å²) in [6.07, 6.45) is 8.41. The largest absolute Gasteiger partial charge is 0.352 e. The number of amides is 2. The molecule has 1 aromatic carbocycles. The van der Waals surface area contributed by atoms with E-state index in [1.807, 2.05) is 23.1 Å². The highest BCUT2D eigenvalue weighted by molar-refractivity contribution is 5.85. The van der Waals surface area contributed by atoms with Crippen LogP contribution in [0.15, 0.2) is 30.3 Å². The van der Waals surface area contributed by atoms with E-state index in [1.54, 1.807) is 0 Å². The quantitative estimate of drug-likeness (QED) is 0.729. The van der Waals surface area contributed by atoms with Crippen molar-refractivity contribution in [3.8, 4) is 0 Å². The first-order chi connectivity index (χ1) is 13.1. The molecule has 1 saturated carbocycles. The van der Waals surface area contributed by atoms with Crippen LogP contribution in [-0.4, -0.2) is 42.4 Å². The standard InChI is InChI=1S/C22H33N3O2.ClH/c23-17-22(12-5-2-6-13-22)15-20(26)24-19-11-14-25(16-19)21(27)10-9-18-7-3-1-4-8-18;/h1,3-4,7-8,19H,2,5-6,9-17,23H2,(H,24,26);1H. The Balaban J connectivity index is 0.00000280. The number of hydrogen-bond acceptors (Lipinski definition) is 3. The van der Waals surface area contributed by atoms with Crippen molar-refractivity contribution >= 4 is 24.2 Å². The van der Waals surface area contributed by atoms with E-state index in [-0.39, 0.29) is 35.7 Å². The van der Waals surface area contributed by atoms with Crippen LogP contribution >= 0.6 is 12.4 Å². The van der Waals surface area contributed by atoms with Gasteiger partial charge in [0.2, 0.25) is 11.8 Å². The molecule has 0 spiro atoms. The second kappa shape index (κ2) is 10.8. The minimum atomic E-state index is -0.00781. The SMILES string of the molecule is Cl.NCC1(CC(=O)NC2CCN(C(=O)CCc3ccccc3)C2)CCCCC1. The summed E-state index contributed by atoms with van der Waals surface area (Å²) in [6, 6.07) is 10.2. The zero-order valence-corrected chi connectivity index (χ0v) is 17.5. The smallest absolute Gasteiger partial charge is 0.222 e. The monoisotopic (exact) mass is 407 g/mol. The lowest BCUT2D eigenvalue weighted by Gasteiger charge is -2.36. The van der Waals surface area contributed by atoms with Crippen LogP contribution in [-0.2, 0) is 16.0 Å². The number of nitrogens with two attached hydrogens (primary N) is 1. The molecule has 1 unspecified atom stereocenters. The van der Waals surface area contributed by atoms with Gasteiger partial charge in [-0.1, -0.05) is 49.6 Å². The summed E-state index contributed by atoms with van der Waals surface area (Å²) in [5.74, 6) is 0.284. The summed E-state index contributed by atoms with van der Waals surface area (Å²) in [4.78, 5) is 26.9. The van der Waals surface area contributed by atoms with Crippen LogP contribution in [0.2, 0.25) is 0 Å². The molecule has 2 amide bonds. The Labute approximate surface area is 174 Å². The van der Waals surface area contributed by atoms with E-state index in [2.05, 4.69) is 17.4 Å². The Hall–Kier alpha value is -1.59. The van der Waals surface area contributed by atoms with Gasteiger partial charge in [-0.3, -0.25) is 9.59 Å². The van der Waals surface area contributed by atoms with Crippen molar-refractivity contribution in [2.45, 2.75) is 63.8 Å². The van der Waals surface area contributed by atoms with E-state index in [0.29, 0.717) is 25.9 Å². The van der Waals surface area contributed by atoms with E-state index in [1.165, 1.54) is 24.8 Å². The van der Waals surface area contributed by atoms with Gasteiger partial charge < -0.3 is 16.0 Å². The molecule has 156 valence electrons. The Morgan fingerprint density at radius 1 is 1.14 bits per heavy atom. The third-order valence-electron chi connectivity index (χ3n) is 6.26. The lowest BCUT2D eigenvalue weighted by atomic mass is 9.71. The fraction of sp³-hybridized carbons (Fsp3) is 0.636. The second-order valence-electron chi connectivity index (χ2n) is 8.32. The van der Waals surface area contributed by atoms with Crippen molar-refractivity contribution in [1.82, 2.24) is 10.2 Å². The Morgan fingerprint density at radius 3 is 2.54 bits per heavy atom. The highest BCUT2D eigenvalue weighted by atomic mass is 35.5. The van der Waals surface area contributed by atoms with Gasteiger partial charge >= 0.3 is 0 Å². The maximum Gasteiger partial charge on any atom is 0.222 e. The van der Waals surface area contributed by atoms with Gasteiger partial charge in [0, 0.05) is 32.0 Å². The van der Waals surface area contributed by atoms with Gasteiger partial charge in [-0.25, -0.2) is 0 Å². The highest BCUT2D eigenvalue weighted by Crippen LogP contribution is 2.38. The van der Waals surface area contributed by atoms with E-state index in [4.69, 9.17) is 5.73 Å². The number of nitrogens with zero attached hydrogens (tertiary/aromatic N) is 1. The van der Waals surface area contributed by atoms with Gasteiger partial charge in [-0.2, -0.15) is 0 Å². The molecule has 1 heterocycles. The van der Waals surface area contributed by atoms with Crippen molar-refractivity contribution in [1.29, 1.82) is 0 Å². The van der Waals surface area contributed by atoms with Gasteiger partial charge in [-0.05, 0) is 43.2 Å². The molecule has 1 aromatic rings. The molecule has 3 N–H and O–H groups in total. The van der Waals surface area contributed by atoms with E-state index < -0.39 is 0 Å². The topological polar surface area (TPSA) is 75.4 Å². The predicted octanol–water partition coefficient (Wildman–Crippen LogP) is 3.06. The average Bonchev–Trinajstić information content (AvgIpc) is 3.16. The first-order valence-corrected chi connectivity index (χ1v) is 10.4. The van der Waals surface area contributed by atoms with Gasteiger partial charge in [-0.15, -0.1) is 12.4 Å². The molecule has 1 aliphatic carbocycles. The number of carbonyl (C=O) groups is 2. The average molecular weight is 408 g/mol. The zero-order chi connectivity index (χ0) is 19.1. The number of nitrogens with one attached hydrogen (secondary N) is 1. The molecular weight excluding hydrogens is 374 g/mol. The molecule has 2 fully saturated rings. The molecule has 3 rings (SSSR count). The maximum atomic E-state index is 12.5. The van der Waals surface area contributed by atoms with Gasteiger partial charge in [0.25, 0.3) is 0 Å². The van der Waals surface area contributed by atoms with E-state index in [9.17, 15) is 9.59 Å². The third-order valence-corrected chi connectivity index (χ3v) is 6.26. The van der Waals surface area contributed by atoms with Crippen LogP contribution in [0.5, 0.6) is 0 Å². The molecule has 0 radical (unpaired) electrons. The normalized spacial score (nSPS) is 21.0. The maximum absolute atomic E-state index is 12.5. The first-order valence-electron chi connectivity index (χ1n) is 10.4. The molecule has 0 aromatic heterocycles. The number of aryl methyl sites for hydroxylation is 1. The molecule has 1 atom stereocenters. The van der Waals surface area contributed by atoms with Crippen molar-refractivity contribution < 1.29 is 9.59 Å². The number of halogens is 1. The number of likely N-dealkylation sites (tertiary alicyclic amines) is 1. The zero-order valence-electron chi connectivity index (χ0n) is 16.7. The molecule has 5 nitrogen and oxygen atoms in total. The molecule has 6 heteroatoms. The van der Waals surface area contributed by atoms with Crippen molar-refractivity contribution in [2.24, 2.45) is 11.1 Å². The minimum absolute atomic E-state index is 0. The minimum Gasteiger partial charge on any atom is -0.352 e. The van der Waals surface area contributed by atoms with Gasteiger partial charge in [0.15, 0.2) is 0 Å². The van der Waals surface area contributed by atoms with Crippen LogP contribution < -0.4 is 11.1 Å². The van der Waals surface area contributed by atoms with Crippen LogP contribution in [0.1, 0.15) is 56.9 Å². The second-order valence-corrected chi connectivity index (χ2v) is 8.32. The Bertz CT molecular complexity index is 632. The number of carbonyl (C=O) groups excluding carboxylic acids is 2. The number of hydrogen-bond donors (Lipinski definition) is 2. The lowest BCUT2D eigenvalue weighted by Crippen LogP contribution is -2.43. The lowest BCUT2D eigenvalue weighted by molar-refractivity contribution is -0.130. The number of benzene rings is 1. The third kappa shape index (κ3) is 6.21. The fourth-order valence-electron chi connectivity index (χ4n) is 4.53. The molecule has 1 aliphatic heterocycles. The Morgan fingerprint density at radius 2 is 1.86 bits per heavy atom. The fourth-order valence-corrected chi connectivity index (χ4v) is 4.53. The van der Waals surface area contributed by atoms with Crippen LogP contribution in [0.25, 0.3) is 0 Å². The Kier molecular flexibility index (Phi) is 8.77. The number of rotatable bonds is 7.